The summed E-state index contributed by atoms with van der Waals surface area (Å²) in [5.74, 6) is 0. The number of hydrogen-bond acceptors (Lipinski definition) is 3. The van der Waals surface area contributed by atoms with E-state index in [9.17, 15) is 0 Å². The summed E-state index contributed by atoms with van der Waals surface area (Å²) in [5, 5.41) is 0. The Hall–Kier alpha value is -0.120. The van der Waals surface area contributed by atoms with Crippen molar-refractivity contribution in [2.24, 2.45) is 5.73 Å². The molecule has 1 aliphatic rings. The lowest BCUT2D eigenvalue weighted by atomic mass is 9.86. The van der Waals surface area contributed by atoms with Gasteiger partial charge in [0.25, 0.3) is 0 Å². The van der Waals surface area contributed by atoms with Gasteiger partial charge in [0.1, 0.15) is 0 Å². The summed E-state index contributed by atoms with van der Waals surface area (Å²) >= 11 is 0. The Kier molecular flexibility index (Phi) is 3.50. The molecule has 0 heterocycles. The van der Waals surface area contributed by atoms with E-state index in [0.717, 1.165) is 12.8 Å². The Balaban J connectivity index is 2.26. The maximum absolute atomic E-state index is 5.74. The highest BCUT2D eigenvalue weighted by Gasteiger charge is 2.40. The standard InChI is InChI=1S/C9H19NO2/c1-4-6(2)12-8-5-7(10)9(8)11-3/h6-9H,4-5,10H2,1-3H3. The molecule has 0 aromatic rings. The minimum absolute atomic E-state index is 0.110. The topological polar surface area (TPSA) is 44.5 Å². The molecule has 1 fully saturated rings. The average molecular weight is 173 g/mol. The largest absolute Gasteiger partial charge is 0.377 e. The van der Waals surface area contributed by atoms with E-state index in [1.54, 1.807) is 7.11 Å². The second-order valence-corrected chi connectivity index (χ2v) is 3.49. The lowest BCUT2D eigenvalue weighted by molar-refractivity contribution is -0.146. The zero-order valence-corrected chi connectivity index (χ0v) is 8.12. The van der Waals surface area contributed by atoms with Crippen LogP contribution in [0.3, 0.4) is 0 Å². The van der Waals surface area contributed by atoms with Crippen LogP contribution in [0.1, 0.15) is 26.7 Å². The third-order valence-corrected chi connectivity index (χ3v) is 2.55. The number of rotatable bonds is 4. The lowest BCUT2D eigenvalue weighted by Gasteiger charge is -2.42. The normalized spacial score (nSPS) is 37.5. The molecular weight excluding hydrogens is 154 g/mol. The minimum atomic E-state index is 0.110. The van der Waals surface area contributed by atoms with Crippen molar-refractivity contribution in [3.8, 4) is 0 Å². The molecule has 0 aliphatic heterocycles. The lowest BCUT2D eigenvalue weighted by Crippen LogP contribution is -2.58. The summed E-state index contributed by atoms with van der Waals surface area (Å²) in [7, 11) is 1.69. The first-order chi connectivity index (χ1) is 5.69. The van der Waals surface area contributed by atoms with Crippen molar-refractivity contribution in [3.05, 3.63) is 0 Å². The quantitative estimate of drug-likeness (QED) is 0.687. The molecule has 0 aromatic carbocycles. The van der Waals surface area contributed by atoms with Gasteiger partial charge in [-0.05, 0) is 19.8 Å². The van der Waals surface area contributed by atoms with E-state index in [4.69, 9.17) is 15.2 Å². The summed E-state index contributed by atoms with van der Waals surface area (Å²) in [6, 6.07) is 0.170. The fraction of sp³-hybridized carbons (Fsp3) is 1.00. The fourth-order valence-corrected chi connectivity index (χ4v) is 1.47. The molecule has 1 rings (SSSR count). The van der Waals surface area contributed by atoms with E-state index >= 15 is 0 Å². The van der Waals surface area contributed by atoms with Crippen LogP contribution in [-0.2, 0) is 9.47 Å². The van der Waals surface area contributed by atoms with Crippen molar-refractivity contribution >= 4 is 0 Å². The molecule has 0 saturated heterocycles. The molecule has 3 heteroatoms. The van der Waals surface area contributed by atoms with Gasteiger partial charge in [0.05, 0.1) is 18.3 Å². The zero-order valence-electron chi connectivity index (χ0n) is 8.12. The SMILES string of the molecule is CCC(C)OC1CC(N)C1OC. The molecule has 12 heavy (non-hydrogen) atoms. The van der Waals surface area contributed by atoms with Gasteiger partial charge in [0, 0.05) is 13.2 Å². The van der Waals surface area contributed by atoms with Crippen molar-refractivity contribution in [2.75, 3.05) is 7.11 Å². The van der Waals surface area contributed by atoms with Crippen molar-refractivity contribution < 1.29 is 9.47 Å². The van der Waals surface area contributed by atoms with Gasteiger partial charge < -0.3 is 15.2 Å². The smallest absolute Gasteiger partial charge is 0.0984 e. The number of nitrogens with two attached hydrogens (primary N) is 1. The van der Waals surface area contributed by atoms with E-state index in [1.807, 2.05) is 0 Å². The molecule has 4 atom stereocenters. The Morgan fingerprint density at radius 2 is 2.25 bits per heavy atom. The third-order valence-electron chi connectivity index (χ3n) is 2.55. The van der Waals surface area contributed by atoms with E-state index in [0.29, 0.717) is 6.10 Å². The van der Waals surface area contributed by atoms with E-state index in [-0.39, 0.29) is 18.2 Å². The second kappa shape index (κ2) is 4.21. The van der Waals surface area contributed by atoms with Gasteiger partial charge in [-0.15, -0.1) is 0 Å². The zero-order chi connectivity index (χ0) is 9.14. The summed E-state index contributed by atoms with van der Waals surface area (Å²) < 4.78 is 10.9. The van der Waals surface area contributed by atoms with E-state index < -0.39 is 0 Å². The van der Waals surface area contributed by atoms with Gasteiger partial charge in [-0.1, -0.05) is 6.92 Å². The van der Waals surface area contributed by atoms with Gasteiger partial charge >= 0.3 is 0 Å². The highest BCUT2D eigenvalue weighted by Crippen LogP contribution is 2.26. The Bertz CT molecular complexity index is 140. The van der Waals surface area contributed by atoms with Crippen LogP contribution in [0.15, 0.2) is 0 Å². The molecule has 2 N–H and O–H groups in total. The molecule has 1 aliphatic carbocycles. The molecule has 1 saturated carbocycles. The predicted octanol–water partition coefficient (Wildman–Crippen LogP) is 0.916. The Morgan fingerprint density at radius 1 is 1.58 bits per heavy atom. The maximum atomic E-state index is 5.74. The van der Waals surface area contributed by atoms with Crippen molar-refractivity contribution in [2.45, 2.75) is 51.0 Å². The number of methoxy groups -OCH3 is 1. The molecule has 72 valence electrons. The van der Waals surface area contributed by atoms with Gasteiger partial charge in [-0.3, -0.25) is 0 Å². The van der Waals surface area contributed by atoms with Crippen LogP contribution < -0.4 is 5.73 Å². The van der Waals surface area contributed by atoms with Gasteiger partial charge in [0.2, 0.25) is 0 Å². The molecule has 0 spiro atoms. The summed E-state index contributed by atoms with van der Waals surface area (Å²) in [6.07, 6.45) is 2.63. The third kappa shape index (κ3) is 1.97. The van der Waals surface area contributed by atoms with E-state index in [2.05, 4.69) is 13.8 Å². The van der Waals surface area contributed by atoms with Crippen LogP contribution in [0.25, 0.3) is 0 Å². The molecule has 3 nitrogen and oxygen atoms in total. The number of hydrogen-bond donors (Lipinski definition) is 1. The predicted molar refractivity (Wildman–Crippen MR) is 48.0 cm³/mol. The molecular formula is C9H19NO2. The van der Waals surface area contributed by atoms with Gasteiger partial charge in [-0.2, -0.15) is 0 Å². The van der Waals surface area contributed by atoms with Crippen LogP contribution >= 0.6 is 0 Å². The Morgan fingerprint density at radius 3 is 2.67 bits per heavy atom. The van der Waals surface area contributed by atoms with Crippen LogP contribution in [0.5, 0.6) is 0 Å². The van der Waals surface area contributed by atoms with Crippen molar-refractivity contribution in [1.29, 1.82) is 0 Å². The van der Waals surface area contributed by atoms with Crippen LogP contribution in [0.4, 0.5) is 0 Å². The van der Waals surface area contributed by atoms with Crippen molar-refractivity contribution in [1.82, 2.24) is 0 Å². The van der Waals surface area contributed by atoms with Crippen LogP contribution in [-0.4, -0.2) is 31.5 Å². The minimum Gasteiger partial charge on any atom is -0.377 e. The molecule has 0 aromatic heterocycles. The molecule has 4 unspecified atom stereocenters. The summed E-state index contributed by atoms with van der Waals surface area (Å²) in [4.78, 5) is 0. The summed E-state index contributed by atoms with van der Waals surface area (Å²) in [6.45, 7) is 4.20. The van der Waals surface area contributed by atoms with Crippen LogP contribution in [0.2, 0.25) is 0 Å². The van der Waals surface area contributed by atoms with Crippen molar-refractivity contribution in [3.63, 3.8) is 0 Å². The maximum Gasteiger partial charge on any atom is 0.0984 e. The van der Waals surface area contributed by atoms with E-state index in [1.165, 1.54) is 0 Å². The monoisotopic (exact) mass is 173 g/mol. The first-order valence-corrected chi connectivity index (χ1v) is 4.62. The van der Waals surface area contributed by atoms with Gasteiger partial charge in [-0.25, -0.2) is 0 Å². The Labute approximate surface area is 74.2 Å². The molecule has 0 amide bonds. The highest BCUT2D eigenvalue weighted by molar-refractivity contribution is 4.95. The first kappa shape index (κ1) is 9.96. The van der Waals surface area contributed by atoms with Crippen LogP contribution in [0, 0.1) is 0 Å². The first-order valence-electron chi connectivity index (χ1n) is 4.62. The average Bonchev–Trinajstić information content (AvgIpc) is 2.04. The fourth-order valence-electron chi connectivity index (χ4n) is 1.47. The van der Waals surface area contributed by atoms with Gasteiger partial charge in [0.15, 0.2) is 0 Å². The summed E-state index contributed by atoms with van der Waals surface area (Å²) in [5.41, 5.74) is 5.74. The molecule has 0 radical (unpaired) electrons. The highest BCUT2D eigenvalue weighted by atomic mass is 16.5. The molecule has 0 bridgehead atoms. The second-order valence-electron chi connectivity index (χ2n) is 3.49. The number of ether oxygens (including phenoxy) is 2.